The number of hydrogen-bond acceptors (Lipinski definition) is 5. The number of likely N-dealkylation sites (N-methyl/N-ethyl adjacent to an activating group) is 1. The Kier molecular flexibility index (Phi) is 5.05. The Balaban J connectivity index is 2.00. The number of rotatable bonds is 5. The molecule has 0 bridgehead atoms. The van der Waals surface area contributed by atoms with Crippen LogP contribution in [0.2, 0.25) is 0 Å². The van der Waals surface area contributed by atoms with Gasteiger partial charge in [0.1, 0.15) is 11.5 Å². The van der Waals surface area contributed by atoms with Crippen LogP contribution in [0.4, 0.5) is 0 Å². The third-order valence-electron chi connectivity index (χ3n) is 3.36. The van der Waals surface area contributed by atoms with Gasteiger partial charge in [0, 0.05) is 36.8 Å². The van der Waals surface area contributed by atoms with E-state index in [2.05, 4.69) is 28.9 Å². The van der Waals surface area contributed by atoms with Crippen LogP contribution in [0.25, 0.3) is 0 Å². The number of amides is 1. The van der Waals surface area contributed by atoms with Crippen LogP contribution >= 0.6 is 0 Å². The average molecular weight is 291 g/mol. The summed E-state index contributed by atoms with van der Waals surface area (Å²) >= 11 is 0. The second-order valence-electron chi connectivity index (χ2n) is 4.92. The zero-order valence-corrected chi connectivity index (χ0v) is 12.6. The Hall–Kier alpha value is -2.21. The molecular weight excluding hydrogens is 270 g/mol. The Morgan fingerprint density at radius 3 is 2.38 bits per heavy atom. The van der Waals surface area contributed by atoms with Crippen molar-refractivity contribution in [3.8, 4) is 11.5 Å². The smallest absolute Gasteiger partial charge is 0.269 e. The molecule has 1 aromatic carbocycles. The lowest BCUT2D eigenvalue weighted by Gasteiger charge is -2.22. The first-order valence-electron chi connectivity index (χ1n) is 6.79. The molecule has 21 heavy (non-hydrogen) atoms. The summed E-state index contributed by atoms with van der Waals surface area (Å²) in [5.74, 6) is 0.933. The quantitative estimate of drug-likeness (QED) is 0.797. The summed E-state index contributed by atoms with van der Waals surface area (Å²) in [6.07, 6.45) is 2.95. The van der Waals surface area contributed by atoms with Gasteiger partial charge < -0.3 is 19.8 Å². The van der Waals surface area contributed by atoms with Crippen LogP contribution in [-0.2, 0) is 0 Å². The van der Waals surface area contributed by atoms with E-state index in [0.717, 1.165) is 25.2 Å². The highest BCUT2D eigenvalue weighted by Gasteiger charge is 2.11. The topological polar surface area (TPSA) is 62.8 Å². The van der Waals surface area contributed by atoms with E-state index in [9.17, 15) is 4.79 Å². The first-order valence-corrected chi connectivity index (χ1v) is 6.79. The number of nitrogens with one attached hydrogen (secondary N) is 2. The van der Waals surface area contributed by atoms with Gasteiger partial charge in [0.25, 0.3) is 5.91 Å². The molecule has 2 rings (SSSR count). The highest BCUT2D eigenvalue weighted by atomic mass is 16.5. The number of methoxy groups -OCH3 is 2. The van der Waals surface area contributed by atoms with E-state index in [0.29, 0.717) is 17.1 Å². The van der Waals surface area contributed by atoms with Gasteiger partial charge in [-0.25, -0.2) is 0 Å². The Morgan fingerprint density at radius 1 is 1.19 bits per heavy atom. The fourth-order valence-corrected chi connectivity index (χ4v) is 2.03. The lowest BCUT2D eigenvalue weighted by Crippen LogP contribution is -2.39. The summed E-state index contributed by atoms with van der Waals surface area (Å²) in [5.41, 5.74) is 7.17. The largest absolute Gasteiger partial charge is 0.497 e. The molecular formula is C15H21N3O3. The van der Waals surface area contributed by atoms with Crippen molar-refractivity contribution in [2.75, 3.05) is 34.4 Å². The molecule has 1 aliphatic rings. The van der Waals surface area contributed by atoms with Crippen molar-refractivity contribution in [2.45, 2.75) is 6.42 Å². The second-order valence-corrected chi connectivity index (χ2v) is 4.92. The minimum Gasteiger partial charge on any atom is -0.497 e. The van der Waals surface area contributed by atoms with Crippen molar-refractivity contribution in [3.63, 3.8) is 0 Å². The van der Waals surface area contributed by atoms with E-state index < -0.39 is 0 Å². The van der Waals surface area contributed by atoms with E-state index in [4.69, 9.17) is 9.47 Å². The van der Waals surface area contributed by atoms with Crippen LogP contribution in [-0.4, -0.2) is 45.2 Å². The summed E-state index contributed by atoms with van der Waals surface area (Å²) < 4.78 is 10.3. The van der Waals surface area contributed by atoms with Gasteiger partial charge in [-0.2, -0.15) is 0 Å². The highest BCUT2D eigenvalue weighted by molar-refractivity contribution is 5.94. The zero-order valence-electron chi connectivity index (χ0n) is 12.6. The van der Waals surface area contributed by atoms with Gasteiger partial charge >= 0.3 is 0 Å². The third-order valence-corrected chi connectivity index (χ3v) is 3.36. The molecule has 1 aliphatic heterocycles. The molecule has 1 heterocycles. The SMILES string of the molecule is COc1cc(OC)cc(C(=O)NNC2=CCN(C)CC2)c1. The van der Waals surface area contributed by atoms with Crippen LogP contribution in [0.15, 0.2) is 30.0 Å². The summed E-state index contributed by atoms with van der Waals surface area (Å²) in [6.45, 7) is 1.85. The number of carbonyl (C=O) groups is 1. The first kappa shape index (κ1) is 15.2. The molecule has 0 spiro atoms. The van der Waals surface area contributed by atoms with Gasteiger partial charge in [-0.1, -0.05) is 0 Å². The van der Waals surface area contributed by atoms with Gasteiger partial charge in [-0.15, -0.1) is 0 Å². The fourth-order valence-electron chi connectivity index (χ4n) is 2.03. The molecule has 6 nitrogen and oxygen atoms in total. The number of hydrogen-bond donors (Lipinski definition) is 2. The highest BCUT2D eigenvalue weighted by Crippen LogP contribution is 2.22. The predicted molar refractivity (Wildman–Crippen MR) is 80.3 cm³/mol. The molecule has 6 heteroatoms. The standard InChI is InChI=1S/C15H21N3O3/c1-18-6-4-12(5-7-18)16-17-15(19)11-8-13(20-2)10-14(9-11)21-3/h4,8-10,16H,5-7H2,1-3H3,(H,17,19). The van der Waals surface area contributed by atoms with Gasteiger partial charge in [0.15, 0.2) is 0 Å². The Labute approximate surface area is 124 Å². The van der Waals surface area contributed by atoms with E-state index >= 15 is 0 Å². The van der Waals surface area contributed by atoms with E-state index in [1.165, 1.54) is 0 Å². The van der Waals surface area contributed by atoms with E-state index in [-0.39, 0.29) is 5.91 Å². The van der Waals surface area contributed by atoms with Crippen molar-refractivity contribution in [3.05, 3.63) is 35.5 Å². The maximum absolute atomic E-state index is 12.2. The predicted octanol–water partition coefficient (Wildman–Crippen LogP) is 1.16. The Bertz CT molecular complexity index is 521. The van der Waals surface area contributed by atoms with Crippen molar-refractivity contribution < 1.29 is 14.3 Å². The molecule has 0 radical (unpaired) electrons. The molecule has 0 saturated heterocycles. The van der Waals surface area contributed by atoms with Crippen LogP contribution in [0.5, 0.6) is 11.5 Å². The molecule has 0 saturated carbocycles. The summed E-state index contributed by atoms with van der Waals surface area (Å²) in [7, 11) is 5.17. The van der Waals surface area contributed by atoms with Crippen LogP contribution in [0.1, 0.15) is 16.8 Å². The summed E-state index contributed by atoms with van der Waals surface area (Å²) in [6, 6.07) is 5.06. The number of carbonyl (C=O) groups excluding carboxylic acids is 1. The van der Waals surface area contributed by atoms with Crippen molar-refractivity contribution in [1.82, 2.24) is 15.8 Å². The molecule has 114 valence electrons. The second kappa shape index (κ2) is 6.99. The minimum absolute atomic E-state index is 0.230. The molecule has 2 N–H and O–H groups in total. The van der Waals surface area contributed by atoms with Crippen LogP contribution in [0.3, 0.4) is 0 Å². The maximum Gasteiger partial charge on any atom is 0.269 e. The van der Waals surface area contributed by atoms with Gasteiger partial charge in [0.05, 0.1) is 14.2 Å². The van der Waals surface area contributed by atoms with Gasteiger partial charge in [-0.3, -0.25) is 10.2 Å². The van der Waals surface area contributed by atoms with Gasteiger partial charge in [-0.05, 0) is 25.3 Å². The van der Waals surface area contributed by atoms with Crippen molar-refractivity contribution >= 4 is 5.91 Å². The average Bonchev–Trinajstić information content (AvgIpc) is 2.53. The Morgan fingerprint density at radius 2 is 1.86 bits per heavy atom. The lowest BCUT2D eigenvalue weighted by molar-refractivity contribution is 0.0936. The van der Waals surface area contributed by atoms with Gasteiger partial charge in [0.2, 0.25) is 0 Å². The number of hydrazine groups is 1. The van der Waals surface area contributed by atoms with Crippen LogP contribution in [0, 0.1) is 0 Å². The van der Waals surface area contributed by atoms with Crippen molar-refractivity contribution in [1.29, 1.82) is 0 Å². The summed E-state index contributed by atoms with van der Waals surface area (Å²) in [4.78, 5) is 14.4. The fraction of sp³-hybridized carbons (Fsp3) is 0.400. The normalized spacial score (nSPS) is 15.1. The molecule has 0 aliphatic carbocycles. The van der Waals surface area contributed by atoms with E-state index in [1.54, 1.807) is 32.4 Å². The lowest BCUT2D eigenvalue weighted by atomic mass is 10.2. The molecule has 0 fully saturated rings. The number of nitrogens with zero attached hydrogens (tertiary/aromatic N) is 1. The number of benzene rings is 1. The third kappa shape index (κ3) is 4.13. The van der Waals surface area contributed by atoms with E-state index in [1.807, 2.05) is 0 Å². The zero-order chi connectivity index (χ0) is 15.2. The number of ether oxygens (including phenoxy) is 2. The molecule has 1 aromatic rings. The molecule has 0 unspecified atom stereocenters. The van der Waals surface area contributed by atoms with Crippen LogP contribution < -0.4 is 20.3 Å². The molecule has 0 atom stereocenters. The maximum atomic E-state index is 12.2. The molecule has 0 aromatic heterocycles. The minimum atomic E-state index is -0.230. The van der Waals surface area contributed by atoms with Crippen molar-refractivity contribution in [2.24, 2.45) is 0 Å². The monoisotopic (exact) mass is 291 g/mol. The first-order chi connectivity index (χ1) is 10.1. The molecule has 1 amide bonds. The summed E-state index contributed by atoms with van der Waals surface area (Å²) in [5, 5.41) is 0.